The van der Waals surface area contributed by atoms with Crippen LogP contribution < -0.4 is 0 Å². The third-order valence-electron chi connectivity index (χ3n) is 2.51. The van der Waals surface area contributed by atoms with Gasteiger partial charge in [0.15, 0.2) is 0 Å². The van der Waals surface area contributed by atoms with Crippen molar-refractivity contribution in [2.24, 2.45) is 0 Å². The number of benzene rings is 1. The fraction of sp³-hybridized carbons (Fsp3) is 0.167. The summed E-state index contributed by atoms with van der Waals surface area (Å²) in [4.78, 5) is 23.3. The van der Waals surface area contributed by atoms with E-state index < -0.39 is 11.9 Å². The summed E-state index contributed by atoms with van der Waals surface area (Å²) in [6.07, 6.45) is 0. The summed E-state index contributed by atoms with van der Waals surface area (Å²) >= 11 is 1.27. The molecule has 1 aromatic carbocycles. The van der Waals surface area contributed by atoms with Crippen LogP contribution in [0.1, 0.15) is 20.7 Å². The number of phenolic OH excluding ortho intramolecular Hbond substituents is 1. The van der Waals surface area contributed by atoms with Crippen LogP contribution in [0.15, 0.2) is 17.5 Å². The SMILES string of the molecule is COC(=O)c1cc2ccsc2c(O)c1C(=O)OC. The zero-order chi connectivity index (χ0) is 13.3. The van der Waals surface area contributed by atoms with E-state index in [0.29, 0.717) is 10.1 Å². The van der Waals surface area contributed by atoms with E-state index >= 15 is 0 Å². The van der Waals surface area contributed by atoms with E-state index in [0.717, 1.165) is 0 Å². The van der Waals surface area contributed by atoms with Crippen molar-refractivity contribution < 1.29 is 24.2 Å². The topological polar surface area (TPSA) is 72.8 Å². The third kappa shape index (κ3) is 1.80. The molecule has 94 valence electrons. The minimum atomic E-state index is -0.775. The predicted molar refractivity (Wildman–Crippen MR) is 66.2 cm³/mol. The molecule has 0 unspecified atom stereocenters. The van der Waals surface area contributed by atoms with E-state index in [9.17, 15) is 14.7 Å². The fourth-order valence-corrected chi connectivity index (χ4v) is 2.50. The molecular formula is C12H10O5S. The number of esters is 2. The van der Waals surface area contributed by atoms with Gasteiger partial charge in [-0.2, -0.15) is 0 Å². The molecule has 0 saturated carbocycles. The molecular weight excluding hydrogens is 256 g/mol. The molecule has 0 atom stereocenters. The van der Waals surface area contributed by atoms with Crippen LogP contribution in [0.3, 0.4) is 0 Å². The number of hydrogen-bond donors (Lipinski definition) is 1. The molecule has 2 rings (SSSR count). The first-order valence-electron chi connectivity index (χ1n) is 5.00. The fourth-order valence-electron chi connectivity index (χ4n) is 1.67. The molecule has 1 heterocycles. The van der Waals surface area contributed by atoms with Crippen molar-refractivity contribution in [3.8, 4) is 5.75 Å². The Balaban J connectivity index is 2.80. The Morgan fingerprint density at radius 1 is 1.22 bits per heavy atom. The number of hydrogen-bond acceptors (Lipinski definition) is 6. The molecule has 5 nitrogen and oxygen atoms in total. The number of fused-ring (bicyclic) bond motifs is 1. The van der Waals surface area contributed by atoms with Crippen molar-refractivity contribution in [1.82, 2.24) is 0 Å². The molecule has 18 heavy (non-hydrogen) atoms. The van der Waals surface area contributed by atoms with Crippen molar-refractivity contribution in [1.29, 1.82) is 0 Å². The summed E-state index contributed by atoms with van der Waals surface area (Å²) in [5.41, 5.74) is -0.174. The highest BCUT2D eigenvalue weighted by Crippen LogP contribution is 2.36. The summed E-state index contributed by atoms with van der Waals surface area (Å²) in [5.74, 6) is -1.73. The van der Waals surface area contributed by atoms with Crippen molar-refractivity contribution >= 4 is 33.4 Å². The molecule has 0 radical (unpaired) electrons. The first-order valence-corrected chi connectivity index (χ1v) is 5.88. The first kappa shape index (κ1) is 12.4. The van der Waals surface area contributed by atoms with Crippen molar-refractivity contribution in [2.75, 3.05) is 14.2 Å². The number of carbonyl (C=O) groups excluding carboxylic acids is 2. The van der Waals surface area contributed by atoms with Crippen molar-refractivity contribution in [3.63, 3.8) is 0 Å². The molecule has 2 aromatic rings. The van der Waals surface area contributed by atoms with Gasteiger partial charge in [-0.3, -0.25) is 0 Å². The first-order chi connectivity index (χ1) is 8.60. The van der Waals surface area contributed by atoms with Gasteiger partial charge >= 0.3 is 11.9 Å². The van der Waals surface area contributed by atoms with Crippen LogP contribution in [0.4, 0.5) is 0 Å². The van der Waals surface area contributed by atoms with Crippen molar-refractivity contribution in [2.45, 2.75) is 0 Å². The maximum absolute atomic E-state index is 11.7. The van der Waals surface area contributed by atoms with Crippen LogP contribution in [0.25, 0.3) is 10.1 Å². The molecule has 0 spiro atoms. The summed E-state index contributed by atoms with van der Waals surface area (Å²) in [7, 11) is 2.39. The third-order valence-corrected chi connectivity index (χ3v) is 3.45. The van der Waals surface area contributed by atoms with Crippen LogP contribution in [0, 0.1) is 0 Å². The van der Waals surface area contributed by atoms with Gasteiger partial charge in [0.1, 0.15) is 11.3 Å². The van der Waals surface area contributed by atoms with E-state index in [-0.39, 0.29) is 16.9 Å². The molecule has 6 heteroatoms. The number of phenols is 1. The van der Waals surface area contributed by atoms with Crippen LogP contribution in [-0.4, -0.2) is 31.3 Å². The average Bonchev–Trinajstić information content (AvgIpc) is 2.85. The number of ether oxygens (including phenoxy) is 2. The minimum Gasteiger partial charge on any atom is -0.506 e. The number of thiophene rings is 1. The standard InChI is InChI=1S/C12H10O5S/c1-16-11(14)7-5-6-3-4-18-10(6)9(13)8(7)12(15)17-2/h3-5,13H,1-2H3. The van der Waals surface area contributed by atoms with Crippen LogP contribution in [-0.2, 0) is 9.47 Å². The Bertz CT molecular complexity index is 629. The summed E-state index contributed by atoms with van der Waals surface area (Å²) < 4.78 is 9.70. The zero-order valence-electron chi connectivity index (χ0n) is 9.72. The van der Waals surface area contributed by atoms with Crippen LogP contribution in [0.2, 0.25) is 0 Å². The summed E-state index contributed by atoms with van der Waals surface area (Å²) in [6, 6.07) is 3.25. The highest BCUT2D eigenvalue weighted by molar-refractivity contribution is 7.17. The second-order valence-electron chi connectivity index (χ2n) is 3.47. The Kier molecular flexibility index (Phi) is 3.20. The second-order valence-corrected chi connectivity index (χ2v) is 4.39. The highest BCUT2D eigenvalue weighted by atomic mass is 32.1. The number of carbonyl (C=O) groups is 2. The van der Waals surface area contributed by atoms with Gasteiger partial charge in [-0.25, -0.2) is 9.59 Å². The minimum absolute atomic E-state index is 0.00671. The lowest BCUT2D eigenvalue weighted by molar-refractivity contribution is 0.0552. The van der Waals surface area contributed by atoms with Gasteiger partial charge in [0.2, 0.25) is 0 Å². The van der Waals surface area contributed by atoms with Crippen LogP contribution in [0.5, 0.6) is 5.75 Å². The zero-order valence-corrected chi connectivity index (χ0v) is 10.5. The number of methoxy groups -OCH3 is 2. The normalized spacial score (nSPS) is 10.3. The lowest BCUT2D eigenvalue weighted by Gasteiger charge is -2.09. The van der Waals surface area contributed by atoms with Gasteiger partial charge < -0.3 is 14.6 Å². The average molecular weight is 266 g/mol. The molecule has 0 saturated heterocycles. The van der Waals surface area contributed by atoms with E-state index in [4.69, 9.17) is 0 Å². The molecule has 0 bridgehead atoms. The Hall–Kier alpha value is -2.08. The lowest BCUT2D eigenvalue weighted by Crippen LogP contribution is -2.12. The van der Waals surface area contributed by atoms with E-state index in [1.807, 2.05) is 0 Å². The quantitative estimate of drug-likeness (QED) is 0.843. The second kappa shape index (κ2) is 4.66. The maximum atomic E-state index is 11.7. The lowest BCUT2D eigenvalue weighted by atomic mass is 10.0. The molecule has 0 fully saturated rings. The van der Waals surface area contributed by atoms with Crippen molar-refractivity contribution in [3.05, 3.63) is 28.6 Å². The molecule has 0 aliphatic heterocycles. The largest absolute Gasteiger partial charge is 0.506 e. The predicted octanol–water partition coefficient (Wildman–Crippen LogP) is 2.18. The van der Waals surface area contributed by atoms with Gasteiger partial charge in [-0.15, -0.1) is 11.3 Å². The Morgan fingerprint density at radius 3 is 2.50 bits per heavy atom. The monoisotopic (exact) mass is 266 g/mol. The van der Waals surface area contributed by atoms with E-state index in [1.165, 1.54) is 31.6 Å². The Morgan fingerprint density at radius 2 is 1.89 bits per heavy atom. The van der Waals surface area contributed by atoms with Crippen LogP contribution >= 0.6 is 11.3 Å². The number of rotatable bonds is 2. The van der Waals surface area contributed by atoms with Gasteiger partial charge in [-0.1, -0.05) is 0 Å². The van der Waals surface area contributed by atoms with E-state index in [1.54, 1.807) is 11.4 Å². The van der Waals surface area contributed by atoms with E-state index in [2.05, 4.69) is 9.47 Å². The summed E-state index contributed by atoms with van der Waals surface area (Å²) in [6.45, 7) is 0. The smallest absolute Gasteiger partial charge is 0.342 e. The molecule has 1 aromatic heterocycles. The molecule has 1 N–H and O–H groups in total. The molecule has 0 aliphatic carbocycles. The highest BCUT2D eigenvalue weighted by Gasteiger charge is 2.25. The number of aromatic hydroxyl groups is 1. The maximum Gasteiger partial charge on any atom is 0.342 e. The Labute approximate surface area is 107 Å². The van der Waals surface area contributed by atoms with Gasteiger partial charge in [0.25, 0.3) is 0 Å². The summed E-state index contributed by atoms with van der Waals surface area (Å²) in [5, 5.41) is 12.5. The van der Waals surface area contributed by atoms with Gasteiger partial charge in [0.05, 0.1) is 24.5 Å². The van der Waals surface area contributed by atoms with Gasteiger partial charge in [0, 0.05) is 0 Å². The van der Waals surface area contributed by atoms with Gasteiger partial charge in [-0.05, 0) is 22.9 Å². The molecule has 0 amide bonds. The molecule has 0 aliphatic rings.